The highest BCUT2D eigenvalue weighted by atomic mass is 16.3. The van der Waals surface area contributed by atoms with E-state index >= 15 is 0 Å². The lowest BCUT2D eigenvalue weighted by atomic mass is 10.0. The summed E-state index contributed by atoms with van der Waals surface area (Å²) in [7, 11) is 0. The number of aromatic nitrogens is 1. The second-order valence-corrected chi connectivity index (χ2v) is 6.20. The molecule has 0 saturated carbocycles. The number of nitrogens with one attached hydrogen (secondary N) is 2. The predicted molar refractivity (Wildman–Crippen MR) is 97.5 cm³/mol. The number of hydrogen-bond acceptors (Lipinski definition) is 5. The zero-order chi connectivity index (χ0) is 17.1. The first-order chi connectivity index (χ1) is 10.8. The summed E-state index contributed by atoms with van der Waals surface area (Å²) in [6.07, 6.45) is 0. The van der Waals surface area contributed by atoms with Gasteiger partial charge in [-0.3, -0.25) is 0 Å². The standard InChI is InChI=1S/C18H26N4O/c1-10-6-11(2)17(12(3)7-10)22-18-16(19)15(8-13(4)21-18)20-14(5)9-23/h6-8,14,23H,9,19H2,1-5H3,(H2,20,21,22). The van der Waals surface area contributed by atoms with E-state index in [4.69, 9.17) is 5.73 Å². The monoisotopic (exact) mass is 314 g/mol. The van der Waals surface area contributed by atoms with Gasteiger partial charge in [0, 0.05) is 17.4 Å². The average molecular weight is 314 g/mol. The summed E-state index contributed by atoms with van der Waals surface area (Å²) >= 11 is 0. The van der Waals surface area contributed by atoms with Gasteiger partial charge in [-0.05, 0) is 51.8 Å². The maximum absolute atomic E-state index is 9.22. The maximum Gasteiger partial charge on any atom is 0.156 e. The minimum atomic E-state index is -0.0743. The lowest BCUT2D eigenvalue weighted by molar-refractivity contribution is 0.281. The molecule has 1 heterocycles. The van der Waals surface area contributed by atoms with Gasteiger partial charge in [0.1, 0.15) is 0 Å². The molecular weight excluding hydrogens is 288 g/mol. The molecule has 1 atom stereocenters. The third-order valence-corrected chi connectivity index (χ3v) is 3.78. The van der Waals surface area contributed by atoms with Crippen LogP contribution in [0.1, 0.15) is 29.3 Å². The summed E-state index contributed by atoms with van der Waals surface area (Å²) in [6.45, 7) is 10.1. The van der Waals surface area contributed by atoms with Crippen LogP contribution in [0.4, 0.5) is 22.9 Å². The Morgan fingerprint density at radius 3 is 2.30 bits per heavy atom. The van der Waals surface area contributed by atoms with Gasteiger partial charge in [0.05, 0.1) is 18.0 Å². The Balaban J connectivity index is 2.41. The van der Waals surface area contributed by atoms with Crippen molar-refractivity contribution in [3.63, 3.8) is 0 Å². The normalized spacial score (nSPS) is 12.1. The molecular formula is C18H26N4O. The number of anilines is 4. The van der Waals surface area contributed by atoms with Crippen molar-refractivity contribution in [3.8, 4) is 0 Å². The minimum absolute atomic E-state index is 0.0414. The van der Waals surface area contributed by atoms with E-state index in [0.717, 1.165) is 28.2 Å². The zero-order valence-corrected chi connectivity index (χ0v) is 14.5. The van der Waals surface area contributed by atoms with Crippen LogP contribution < -0.4 is 16.4 Å². The van der Waals surface area contributed by atoms with E-state index < -0.39 is 0 Å². The molecule has 1 aromatic heterocycles. The number of hydrogen-bond donors (Lipinski definition) is 4. The first-order valence-electron chi connectivity index (χ1n) is 7.81. The fraction of sp³-hybridized carbons (Fsp3) is 0.389. The average Bonchev–Trinajstić information content (AvgIpc) is 2.46. The quantitative estimate of drug-likeness (QED) is 0.679. The van der Waals surface area contributed by atoms with Crippen LogP contribution in [0.5, 0.6) is 0 Å². The van der Waals surface area contributed by atoms with Gasteiger partial charge in [0.25, 0.3) is 0 Å². The van der Waals surface area contributed by atoms with Crippen molar-refractivity contribution in [2.45, 2.75) is 40.7 Å². The highest BCUT2D eigenvalue weighted by Gasteiger charge is 2.13. The van der Waals surface area contributed by atoms with Gasteiger partial charge in [-0.15, -0.1) is 0 Å². The summed E-state index contributed by atoms with van der Waals surface area (Å²) in [5.41, 5.74) is 13.0. The largest absolute Gasteiger partial charge is 0.394 e. The summed E-state index contributed by atoms with van der Waals surface area (Å²) < 4.78 is 0. The van der Waals surface area contributed by atoms with Gasteiger partial charge < -0.3 is 21.5 Å². The second kappa shape index (κ2) is 6.87. The highest BCUT2D eigenvalue weighted by molar-refractivity contribution is 5.82. The Labute approximate surface area is 137 Å². The molecule has 1 unspecified atom stereocenters. The molecule has 0 saturated heterocycles. The molecule has 0 amide bonds. The number of pyridine rings is 1. The molecule has 2 rings (SSSR count). The molecule has 5 N–H and O–H groups in total. The number of nitrogens with zero attached hydrogens (tertiary/aromatic N) is 1. The number of aryl methyl sites for hydroxylation is 4. The van der Waals surface area contributed by atoms with Crippen molar-refractivity contribution < 1.29 is 5.11 Å². The third kappa shape index (κ3) is 3.93. The van der Waals surface area contributed by atoms with E-state index in [2.05, 4.69) is 48.5 Å². The van der Waals surface area contributed by atoms with E-state index in [0.29, 0.717) is 11.5 Å². The molecule has 0 aliphatic heterocycles. The van der Waals surface area contributed by atoms with Crippen molar-refractivity contribution >= 4 is 22.9 Å². The van der Waals surface area contributed by atoms with Gasteiger partial charge >= 0.3 is 0 Å². The fourth-order valence-corrected chi connectivity index (χ4v) is 2.70. The van der Waals surface area contributed by atoms with Crippen LogP contribution in [0.25, 0.3) is 0 Å². The van der Waals surface area contributed by atoms with Crippen LogP contribution in [0.3, 0.4) is 0 Å². The molecule has 23 heavy (non-hydrogen) atoms. The smallest absolute Gasteiger partial charge is 0.156 e. The van der Waals surface area contributed by atoms with Crippen molar-refractivity contribution in [1.29, 1.82) is 0 Å². The van der Waals surface area contributed by atoms with E-state index in [9.17, 15) is 5.11 Å². The third-order valence-electron chi connectivity index (χ3n) is 3.78. The molecule has 0 fully saturated rings. The van der Waals surface area contributed by atoms with Crippen molar-refractivity contribution in [3.05, 3.63) is 40.6 Å². The first kappa shape index (κ1) is 17.1. The van der Waals surface area contributed by atoms with Crippen LogP contribution in [-0.4, -0.2) is 22.7 Å². The fourth-order valence-electron chi connectivity index (χ4n) is 2.70. The van der Waals surface area contributed by atoms with Crippen molar-refractivity contribution in [2.24, 2.45) is 0 Å². The molecule has 0 aliphatic rings. The van der Waals surface area contributed by atoms with Gasteiger partial charge in [0.15, 0.2) is 5.82 Å². The number of nitrogens with two attached hydrogens (primary N) is 1. The van der Waals surface area contributed by atoms with E-state index in [-0.39, 0.29) is 12.6 Å². The molecule has 0 radical (unpaired) electrons. The molecule has 124 valence electrons. The Kier molecular flexibility index (Phi) is 5.11. The van der Waals surface area contributed by atoms with Crippen LogP contribution >= 0.6 is 0 Å². The zero-order valence-electron chi connectivity index (χ0n) is 14.5. The van der Waals surface area contributed by atoms with Crippen LogP contribution in [0.2, 0.25) is 0 Å². The number of aliphatic hydroxyl groups is 1. The summed E-state index contributed by atoms with van der Waals surface area (Å²) in [4.78, 5) is 4.53. The molecule has 0 aliphatic carbocycles. The first-order valence-corrected chi connectivity index (χ1v) is 7.81. The van der Waals surface area contributed by atoms with E-state index in [1.165, 1.54) is 5.56 Å². The summed E-state index contributed by atoms with van der Waals surface area (Å²) in [5, 5.41) is 15.8. The lowest BCUT2D eigenvalue weighted by Crippen LogP contribution is -2.20. The van der Waals surface area contributed by atoms with Gasteiger partial charge in [-0.1, -0.05) is 17.7 Å². The molecule has 5 nitrogen and oxygen atoms in total. The van der Waals surface area contributed by atoms with Crippen LogP contribution in [-0.2, 0) is 0 Å². The Morgan fingerprint density at radius 2 is 1.74 bits per heavy atom. The topological polar surface area (TPSA) is 83.2 Å². The summed E-state index contributed by atoms with van der Waals surface area (Å²) in [5.74, 6) is 0.632. The molecule has 0 spiro atoms. The number of rotatable bonds is 5. The second-order valence-electron chi connectivity index (χ2n) is 6.20. The van der Waals surface area contributed by atoms with Crippen LogP contribution in [0.15, 0.2) is 18.2 Å². The van der Waals surface area contributed by atoms with E-state index in [1.807, 2.05) is 19.9 Å². The van der Waals surface area contributed by atoms with Gasteiger partial charge in [-0.25, -0.2) is 4.98 Å². The Bertz CT molecular complexity index is 689. The van der Waals surface area contributed by atoms with Crippen molar-refractivity contribution in [2.75, 3.05) is 23.0 Å². The lowest BCUT2D eigenvalue weighted by Gasteiger charge is -2.19. The predicted octanol–water partition coefficient (Wildman–Crippen LogP) is 3.43. The van der Waals surface area contributed by atoms with E-state index in [1.54, 1.807) is 0 Å². The summed E-state index contributed by atoms with van der Waals surface area (Å²) in [6, 6.07) is 6.08. The molecule has 1 aromatic carbocycles. The van der Waals surface area contributed by atoms with Gasteiger partial charge in [-0.2, -0.15) is 0 Å². The molecule has 2 aromatic rings. The van der Waals surface area contributed by atoms with Crippen LogP contribution in [0, 0.1) is 27.7 Å². The molecule has 5 heteroatoms. The van der Waals surface area contributed by atoms with Gasteiger partial charge in [0.2, 0.25) is 0 Å². The maximum atomic E-state index is 9.22. The number of benzene rings is 1. The Hall–Kier alpha value is -2.27. The number of nitrogen functional groups attached to an aromatic ring is 1. The van der Waals surface area contributed by atoms with Crippen molar-refractivity contribution in [1.82, 2.24) is 4.98 Å². The number of aliphatic hydroxyl groups excluding tert-OH is 1. The Morgan fingerprint density at radius 1 is 1.13 bits per heavy atom. The SMILES string of the molecule is Cc1cc(C)c(Nc2nc(C)cc(NC(C)CO)c2N)c(C)c1. The molecule has 0 bridgehead atoms. The highest BCUT2D eigenvalue weighted by Crippen LogP contribution is 2.32. The minimum Gasteiger partial charge on any atom is -0.394 e.